The lowest BCUT2D eigenvalue weighted by atomic mass is 10.2. The molecule has 1 aromatic carbocycles. The molecule has 1 N–H and O–H groups in total. The SMILES string of the molecule is N#Cc1ccc(Nc2nc(Cl)nc(Cl)n2)c(Cl)c1. The molecule has 0 bridgehead atoms. The van der Waals surface area contributed by atoms with E-state index in [-0.39, 0.29) is 16.5 Å². The molecule has 0 aliphatic rings. The largest absolute Gasteiger partial charge is 0.323 e. The van der Waals surface area contributed by atoms with E-state index in [1.165, 1.54) is 6.07 Å². The number of rotatable bonds is 2. The van der Waals surface area contributed by atoms with Crippen molar-refractivity contribution in [2.45, 2.75) is 0 Å². The fourth-order valence-electron chi connectivity index (χ4n) is 1.19. The molecule has 0 unspecified atom stereocenters. The summed E-state index contributed by atoms with van der Waals surface area (Å²) < 4.78 is 0. The molecule has 0 spiro atoms. The second kappa shape index (κ2) is 5.36. The van der Waals surface area contributed by atoms with Crippen LogP contribution in [0.25, 0.3) is 0 Å². The van der Waals surface area contributed by atoms with Crippen molar-refractivity contribution in [3.63, 3.8) is 0 Å². The van der Waals surface area contributed by atoms with Crippen LogP contribution in [0.1, 0.15) is 5.56 Å². The number of nitrogens with zero attached hydrogens (tertiary/aromatic N) is 4. The molecule has 0 saturated carbocycles. The highest BCUT2D eigenvalue weighted by molar-refractivity contribution is 6.33. The molecular weight excluding hydrogens is 297 g/mol. The van der Waals surface area contributed by atoms with Crippen molar-refractivity contribution in [1.29, 1.82) is 5.26 Å². The summed E-state index contributed by atoms with van der Waals surface area (Å²) in [7, 11) is 0. The minimum Gasteiger partial charge on any atom is -0.323 e. The topological polar surface area (TPSA) is 74.5 Å². The third-order valence-corrected chi connectivity index (χ3v) is 2.58. The highest BCUT2D eigenvalue weighted by Crippen LogP contribution is 2.25. The number of aromatic nitrogens is 3. The molecule has 0 aliphatic carbocycles. The van der Waals surface area contributed by atoms with Gasteiger partial charge in [-0.3, -0.25) is 0 Å². The van der Waals surface area contributed by atoms with Crippen LogP contribution in [0.3, 0.4) is 0 Å². The van der Waals surface area contributed by atoms with Gasteiger partial charge in [0.1, 0.15) is 0 Å². The molecule has 90 valence electrons. The predicted octanol–water partition coefficient (Wildman–Crippen LogP) is 3.45. The normalized spacial score (nSPS) is 9.89. The minimum absolute atomic E-state index is 0.0257. The van der Waals surface area contributed by atoms with Crippen LogP contribution in [0, 0.1) is 11.3 Å². The van der Waals surface area contributed by atoms with Gasteiger partial charge in [-0.1, -0.05) is 11.6 Å². The van der Waals surface area contributed by atoms with Gasteiger partial charge in [0.2, 0.25) is 16.5 Å². The van der Waals surface area contributed by atoms with Crippen LogP contribution in [-0.4, -0.2) is 15.0 Å². The lowest BCUT2D eigenvalue weighted by molar-refractivity contribution is 1.05. The third kappa shape index (κ3) is 2.99. The van der Waals surface area contributed by atoms with Crippen molar-refractivity contribution in [3.05, 3.63) is 39.4 Å². The van der Waals surface area contributed by atoms with E-state index in [1.54, 1.807) is 12.1 Å². The average Bonchev–Trinajstić information content (AvgIpc) is 2.30. The molecule has 2 aromatic rings. The summed E-state index contributed by atoms with van der Waals surface area (Å²) in [6, 6.07) is 6.74. The van der Waals surface area contributed by atoms with Crippen LogP contribution in [-0.2, 0) is 0 Å². The Morgan fingerprint density at radius 1 is 1.06 bits per heavy atom. The monoisotopic (exact) mass is 299 g/mol. The van der Waals surface area contributed by atoms with E-state index >= 15 is 0 Å². The van der Waals surface area contributed by atoms with Crippen molar-refractivity contribution in [3.8, 4) is 6.07 Å². The summed E-state index contributed by atoms with van der Waals surface area (Å²) in [6.07, 6.45) is 0. The first-order valence-electron chi connectivity index (χ1n) is 4.62. The zero-order valence-corrected chi connectivity index (χ0v) is 10.9. The second-order valence-corrected chi connectivity index (χ2v) is 4.21. The van der Waals surface area contributed by atoms with Crippen molar-refractivity contribution in [1.82, 2.24) is 15.0 Å². The van der Waals surface area contributed by atoms with Gasteiger partial charge in [0.15, 0.2) is 0 Å². The third-order valence-electron chi connectivity index (χ3n) is 1.93. The van der Waals surface area contributed by atoms with Crippen LogP contribution in [0.4, 0.5) is 11.6 Å². The van der Waals surface area contributed by atoms with Gasteiger partial charge in [0.25, 0.3) is 0 Å². The fraction of sp³-hybridized carbons (Fsp3) is 0. The Morgan fingerprint density at radius 3 is 2.28 bits per heavy atom. The fourth-order valence-corrected chi connectivity index (χ4v) is 1.78. The number of halogens is 3. The van der Waals surface area contributed by atoms with E-state index in [0.29, 0.717) is 16.3 Å². The van der Waals surface area contributed by atoms with Crippen LogP contribution in [0.15, 0.2) is 18.2 Å². The second-order valence-electron chi connectivity index (χ2n) is 3.13. The molecule has 0 atom stereocenters. The lowest BCUT2D eigenvalue weighted by Gasteiger charge is -2.06. The van der Waals surface area contributed by atoms with Gasteiger partial charge in [-0.25, -0.2) is 0 Å². The molecule has 0 radical (unpaired) electrons. The maximum Gasteiger partial charge on any atom is 0.232 e. The first-order chi connectivity index (χ1) is 8.58. The first-order valence-corrected chi connectivity index (χ1v) is 5.75. The Labute approximate surface area is 117 Å². The summed E-state index contributed by atoms with van der Waals surface area (Å²) in [5.41, 5.74) is 0.992. The quantitative estimate of drug-likeness (QED) is 0.919. The zero-order chi connectivity index (χ0) is 13.1. The number of nitriles is 1. The lowest BCUT2D eigenvalue weighted by Crippen LogP contribution is -2.00. The Hall–Kier alpha value is -1.61. The Morgan fingerprint density at radius 2 is 1.72 bits per heavy atom. The van der Waals surface area contributed by atoms with Gasteiger partial charge >= 0.3 is 0 Å². The van der Waals surface area contributed by atoms with Crippen LogP contribution in [0.2, 0.25) is 15.6 Å². The zero-order valence-electron chi connectivity index (χ0n) is 8.65. The average molecular weight is 301 g/mol. The summed E-state index contributed by atoms with van der Waals surface area (Å²) in [4.78, 5) is 11.3. The van der Waals surface area contributed by atoms with Crippen molar-refractivity contribution in [2.75, 3.05) is 5.32 Å². The van der Waals surface area contributed by atoms with Gasteiger partial charge in [0.05, 0.1) is 22.3 Å². The smallest absolute Gasteiger partial charge is 0.232 e. The van der Waals surface area contributed by atoms with E-state index in [9.17, 15) is 0 Å². The number of benzene rings is 1. The van der Waals surface area contributed by atoms with E-state index in [1.807, 2.05) is 6.07 Å². The standard InChI is InChI=1S/C10H4Cl3N5/c11-6-3-5(4-14)1-2-7(6)15-10-17-8(12)16-9(13)18-10/h1-3H,(H,15,16,17,18). The van der Waals surface area contributed by atoms with E-state index < -0.39 is 0 Å². The highest BCUT2D eigenvalue weighted by atomic mass is 35.5. The van der Waals surface area contributed by atoms with Crippen LogP contribution >= 0.6 is 34.8 Å². The number of hydrogen-bond acceptors (Lipinski definition) is 5. The molecule has 2 rings (SSSR count). The summed E-state index contributed by atoms with van der Waals surface area (Å²) in [5.74, 6) is 0.173. The first kappa shape index (κ1) is 12.8. The Balaban J connectivity index is 2.31. The van der Waals surface area contributed by atoms with Gasteiger partial charge < -0.3 is 5.32 Å². The molecule has 0 fully saturated rings. The molecule has 0 saturated heterocycles. The van der Waals surface area contributed by atoms with Crippen molar-refractivity contribution >= 4 is 46.4 Å². The molecule has 0 aliphatic heterocycles. The molecule has 8 heteroatoms. The van der Waals surface area contributed by atoms with Crippen molar-refractivity contribution < 1.29 is 0 Å². The molecule has 18 heavy (non-hydrogen) atoms. The maximum atomic E-state index is 8.72. The Bertz CT molecular complexity index is 618. The summed E-state index contributed by atoms with van der Waals surface area (Å²) in [5, 5.41) is 11.9. The molecule has 5 nitrogen and oxygen atoms in total. The minimum atomic E-state index is -0.0257. The van der Waals surface area contributed by atoms with Crippen LogP contribution in [0.5, 0.6) is 0 Å². The van der Waals surface area contributed by atoms with Gasteiger partial charge in [-0.15, -0.1) is 0 Å². The van der Waals surface area contributed by atoms with Crippen LogP contribution < -0.4 is 5.32 Å². The molecule has 0 amide bonds. The summed E-state index contributed by atoms with van der Waals surface area (Å²) >= 11 is 17.3. The number of hydrogen-bond donors (Lipinski definition) is 1. The Kier molecular flexibility index (Phi) is 3.82. The molecule has 1 heterocycles. The maximum absolute atomic E-state index is 8.72. The van der Waals surface area contributed by atoms with Crippen molar-refractivity contribution in [2.24, 2.45) is 0 Å². The van der Waals surface area contributed by atoms with Gasteiger partial charge in [0, 0.05) is 0 Å². The van der Waals surface area contributed by atoms with Gasteiger partial charge in [-0.2, -0.15) is 20.2 Å². The number of anilines is 2. The summed E-state index contributed by atoms with van der Waals surface area (Å²) in [6.45, 7) is 0. The highest BCUT2D eigenvalue weighted by Gasteiger charge is 2.06. The molecular formula is C10H4Cl3N5. The predicted molar refractivity (Wildman–Crippen MR) is 69.3 cm³/mol. The van der Waals surface area contributed by atoms with E-state index in [2.05, 4.69) is 20.3 Å². The van der Waals surface area contributed by atoms with E-state index in [4.69, 9.17) is 40.1 Å². The van der Waals surface area contributed by atoms with Gasteiger partial charge in [-0.05, 0) is 41.4 Å². The van der Waals surface area contributed by atoms with E-state index in [0.717, 1.165) is 0 Å². The molecule has 1 aromatic heterocycles. The number of nitrogens with one attached hydrogen (secondary N) is 1.